The molecule has 0 spiro atoms. The first-order valence-electron chi connectivity index (χ1n) is 5.10. The van der Waals surface area contributed by atoms with Gasteiger partial charge in [-0.3, -0.25) is 4.79 Å². The standard InChI is InChI=1S/C11H12N2OS2/c1-7(5-12)13-11(14)10-4-8-6-15-3-2-9(8)16-10/h4,7H,2-3,6H2,1H3,(H,13,14). The van der Waals surface area contributed by atoms with Gasteiger partial charge < -0.3 is 5.32 Å². The van der Waals surface area contributed by atoms with E-state index < -0.39 is 6.04 Å². The van der Waals surface area contributed by atoms with Crippen LogP contribution < -0.4 is 5.32 Å². The summed E-state index contributed by atoms with van der Waals surface area (Å²) in [6.07, 6.45) is 1.06. The van der Waals surface area contributed by atoms with Gasteiger partial charge in [-0.05, 0) is 30.7 Å². The molecule has 1 aliphatic heterocycles. The zero-order chi connectivity index (χ0) is 11.5. The Labute approximate surface area is 103 Å². The number of carbonyl (C=O) groups is 1. The molecule has 16 heavy (non-hydrogen) atoms. The molecule has 0 aromatic carbocycles. The Bertz CT molecular complexity index is 424. The van der Waals surface area contributed by atoms with Gasteiger partial charge in [0.2, 0.25) is 0 Å². The number of hydrogen-bond donors (Lipinski definition) is 1. The molecule has 1 aromatic heterocycles. The van der Waals surface area contributed by atoms with E-state index in [9.17, 15) is 4.79 Å². The topological polar surface area (TPSA) is 52.9 Å². The summed E-state index contributed by atoms with van der Waals surface area (Å²) in [5.74, 6) is 2.02. The molecule has 5 heteroatoms. The van der Waals surface area contributed by atoms with E-state index in [1.165, 1.54) is 10.4 Å². The molecule has 1 aromatic rings. The molecule has 1 unspecified atom stereocenters. The molecule has 1 aliphatic rings. The van der Waals surface area contributed by atoms with E-state index in [1.54, 1.807) is 18.3 Å². The predicted molar refractivity (Wildman–Crippen MR) is 66.7 cm³/mol. The smallest absolute Gasteiger partial charge is 0.262 e. The maximum Gasteiger partial charge on any atom is 0.262 e. The molecule has 1 atom stereocenters. The van der Waals surface area contributed by atoms with Crippen LogP contribution in [0.15, 0.2) is 6.07 Å². The Morgan fingerprint density at radius 1 is 1.69 bits per heavy atom. The first-order chi connectivity index (χ1) is 7.70. The summed E-state index contributed by atoms with van der Waals surface area (Å²) >= 11 is 3.46. The lowest BCUT2D eigenvalue weighted by Gasteiger charge is -2.08. The van der Waals surface area contributed by atoms with Crippen LogP contribution in [0.3, 0.4) is 0 Å². The lowest BCUT2D eigenvalue weighted by molar-refractivity contribution is 0.0952. The van der Waals surface area contributed by atoms with Crippen LogP contribution >= 0.6 is 23.1 Å². The van der Waals surface area contributed by atoms with Crippen LogP contribution in [-0.4, -0.2) is 17.7 Å². The molecule has 0 saturated carbocycles. The number of nitriles is 1. The van der Waals surface area contributed by atoms with Crippen molar-refractivity contribution in [1.82, 2.24) is 5.32 Å². The van der Waals surface area contributed by atoms with Crippen LogP contribution in [0, 0.1) is 11.3 Å². The fourth-order valence-electron chi connectivity index (χ4n) is 1.56. The monoisotopic (exact) mass is 252 g/mol. The van der Waals surface area contributed by atoms with Crippen molar-refractivity contribution >= 4 is 29.0 Å². The third-order valence-corrected chi connectivity index (χ3v) is 4.64. The maximum absolute atomic E-state index is 11.8. The average molecular weight is 252 g/mol. The number of aryl methyl sites for hydroxylation is 1. The second kappa shape index (κ2) is 4.89. The van der Waals surface area contributed by atoms with Gasteiger partial charge in [0.05, 0.1) is 10.9 Å². The van der Waals surface area contributed by atoms with Crippen molar-refractivity contribution in [3.8, 4) is 6.07 Å². The van der Waals surface area contributed by atoms with Gasteiger partial charge in [-0.15, -0.1) is 11.3 Å². The van der Waals surface area contributed by atoms with E-state index in [4.69, 9.17) is 5.26 Å². The van der Waals surface area contributed by atoms with Crippen molar-refractivity contribution in [2.24, 2.45) is 0 Å². The first kappa shape index (κ1) is 11.5. The van der Waals surface area contributed by atoms with E-state index in [0.29, 0.717) is 0 Å². The van der Waals surface area contributed by atoms with E-state index >= 15 is 0 Å². The van der Waals surface area contributed by atoms with Gasteiger partial charge in [-0.1, -0.05) is 0 Å². The SMILES string of the molecule is CC(C#N)NC(=O)c1cc2c(s1)CCSC2. The average Bonchev–Trinajstić information content (AvgIpc) is 2.72. The highest BCUT2D eigenvalue weighted by Gasteiger charge is 2.18. The molecule has 1 amide bonds. The van der Waals surface area contributed by atoms with Crippen molar-refractivity contribution < 1.29 is 4.79 Å². The number of thioether (sulfide) groups is 1. The summed E-state index contributed by atoms with van der Waals surface area (Å²) in [4.78, 5) is 13.8. The second-order valence-corrected chi connectivity index (χ2v) is 5.93. The number of rotatable bonds is 2. The molecule has 0 fully saturated rings. The van der Waals surface area contributed by atoms with Gasteiger partial charge in [0.25, 0.3) is 5.91 Å². The third kappa shape index (κ3) is 2.39. The van der Waals surface area contributed by atoms with Gasteiger partial charge in [0.15, 0.2) is 0 Å². The maximum atomic E-state index is 11.8. The zero-order valence-electron chi connectivity index (χ0n) is 8.95. The van der Waals surface area contributed by atoms with Crippen LogP contribution in [0.5, 0.6) is 0 Å². The van der Waals surface area contributed by atoms with Crippen molar-refractivity contribution in [3.63, 3.8) is 0 Å². The fourth-order valence-corrected chi connectivity index (χ4v) is 3.83. The number of nitrogens with one attached hydrogen (secondary N) is 1. The number of nitrogens with zero attached hydrogens (tertiary/aromatic N) is 1. The Morgan fingerprint density at radius 2 is 2.50 bits per heavy atom. The normalized spacial score (nSPS) is 16.0. The molecule has 0 radical (unpaired) electrons. The van der Waals surface area contributed by atoms with E-state index in [2.05, 4.69) is 5.32 Å². The number of hydrogen-bond acceptors (Lipinski definition) is 4. The molecule has 0 aliphatic carbocycles. The van der Waals surface area contributed by atoms with Gasteiger partial charge in [-0.25, -0.2) is 0 Å². The molecule has 0 saturated heterocycles. The highest BCUT2D eigenvalue weighted by atomic mass is 32.2. The van der Waals surface area contributed by atoms with Crippen molar-refractivity contribution in [2.45, 2.75) is 25.1 Å². The highest BCUT2D eigenvalue weighted by molar-refractivity contribution is 7.98. The van der Waals surface area contributed by atoms with Gasteiger partial charge in [0.1, 0.15) is 6.04 Å². The molecule has 1 N–H and O–H groups in total. The molecule has 2 rings (SSSR count). The van der Waals surface area contributed by atoms with Crippen LogP contribution in [-0.2, 0) is 12.2 Å². The Hall–Kier alpha value is -0.990. The predicted octanol–water partition coefficient (Wildman–Crippen LogP) is 2.18. The van der Waals surface area contributed by atoms with Crippen LogP contribution in [0.1, 0.15) is 27.0 Å². The van der Waals surface area contributed by atoms with Crippen LogP contribution in [0.2, 0.25) is 0 Å². The summed E-state index contributed by atoms with van der Waals surface area (Å²) in [5, 5.41) is 11.3. The Balaban J connectivity index is 2.12. The number of fused-ring (bicyclic) bond motifs is 1. The van der Waals surface area contributed by atoms with Crippen molar-refractivity contribution in [2.75, 3.05) is 5.75 Å². The lowest BCUT2D eigenvalue weighted by atomic mass is 10.2. The van der Waals surface area contributed by atoms with E-state index in [-0.39, 0.29) is 5.91 Å². The second-order valence-electron chi connectivity index (χ2n) is 3.69. The van der Waals surface area contributed by atoms with Gasteiger partial charge in [0, 0.05) is 10.6 Å². The van der Waals surface area contributed by atoms with E-state index in [0.717, 1.165) is 22.8 Å². The summed E-state index contributed by atoms with van der Waals surface area (Å²) in [7, 11) is 0. The van der Waals surface area contributed by atoms with Gasteiger partial charge >= 0.3 is 0 Å². The summed E-state index contributed by atoms with van der Waals surface area (Å²) in [6.45, 7) is 1.68. The zero-order valence-corrected chi connectivity index (χ0v) is 10.6. The van der Waals surface area contributed by atoms with Crippen molar-refractivity contribution in [1.29, 1.82) is 5.26 Å². The Kier molecular flexibility index (Phi) is 3.52. The quantitative estimate of drug-likeness (QED) is 0.877. The number of thiophene rings is 1. The summed E-state index contributed by atoms with van der Waals surface area (Å²) in [5.41, 5.74) is 1.29. The van der Waals surface area contributed by atoms with Crippen molar-refractivity contribution in [3.05, 3.63) is 21.4 Å². The summed E-state index contributed by atoms with van der Waals surface area (Å²) in [6, 6.07) is 3.53. The lowest BCUT2D eigenvalue weighted by Crippen LogP contribution is -2.30. The Morgan fingerprint density at radius 3 is 3.19 bits per heavy atom. The molecule has 3 nitrogen and oxygen atoms in total. The summed E-state index contributed by atoms with van der Waals surface area (Å²) < 4.78 is 0. The molecule has 84 valence electrons. The fraction of sp³-hybridized carbons (Fsp3) is 0.455. The number of amides is 1. The minimum absolute atomic E-state index is 0.126. The first-order valence-corrected chi connectivity index (χ1v) is 7.07. The van der Waals surface area contributed by atoms with Gasteiger partial charge in [-0.2, -0.15) is 17.0 Å². The van der Waals surface area contributed by atoms with Crippen LogP contribution in [0.25, 0.3) is 0 Å². The molecular weight excluding hydrogens is 240 g/mol. The molecule has 2 heterocycles. The number of carbonyl (C=O) groups excluding carboxylic acids is 1. The molecule has 0 bridgehead atoms. The third-order valence-electron chi connectivity index (χ3n) is 2.39. The minimum atomic E-state index is -0.430. The minimum Gasteiger partial charge on any atom is -0.336 e. The highest BCUT2D eigenvalue weighted by Crippen LogP contribution is 2.31. The molecular formula is C11H12N2OS2. The van der Waals surface area contributed by atoms with E-state index in [1.807, 2.05) is 23.9 Å². The largest absolute Gasteiger partial charge is 0.336 e. The van der Waals surface area contributed by atoms with Crippen LogP contribution in [0.4, 0.5) is 0 Å².